The summed E-state index contributed by atoms with van der Waals surface area (Å²) < 4.78 is 0. The van der Waals surface area contributed by atoms with E-state index >= 15 is 0 Å². The van der Waals surface area contributed by atoms with E-state index in [9.17, 15) is 4.79 Å². The van der Waals surface area contributed by atoms with Crippen LogP contribution in [0.25, 0.3) is 0 Å². The number of carbonyl (C=O) groups excluding carboxylic acids is 1. The molecular weight excluding hydrogens is 140 g/mol. The van der Waals surface area contributed by atoms with Gasteiger partial charge in [-0.15, -0.1) is 6.58 Å². The number of nitrogens with zero attached hydrogens (tertiary/aromatic N) is 1. The van der Waals surface area contributed by atoms with Crippen LogP contribution in [0.15, 0.2) is 12.7 Å². The first-order valence-electron chi connectivity index (χ1n) is 3.85. The van der Waals surface area contributed by atoms with Crippen molar-refractivity contribution >= 4 is 5.91 Å². The van der Waals surface area contributed by atoms with Crippen LogP contribution in [0.5, 0.6) is 0 Å². The molecule has 2 N–H and O–H groups in total. The highest BCUT2D eigenvalue weighted by Gasteiger charge is 2.07. The summed E-state index contributed by atoms with van der Waals surface area (Å²) in [5.41, 5.74) is 5.24. The molecule has 0 spiro atoms. The molecule has 11 heavy (non-hydrogen) atoms. The molecular formula is C8H16N2O. The second kappa shape index (κ2) is 5.92. The molecule has 0 atom stereocenters. The van der Waals surface area contributed by atoms with Gasteiger partial charge in [-0.25, -0.2) is 0 Å². The van der Waals surface area contributed by atoms with Crippen molar-refractivity contribution in [3.8, 4) is 0 Å². The van der Waals surface area contributed by atoms with Gasteiger partial charge >= 0.3 is 0 Å². The summed E-state index contributed by atoms with van der Waals surface area (Å²) in [5, 5.41) is 0. The monoisotopic (exact) mass is 156 g/mol. The molecule has 0 saturated carbocycles. The molecule has 3 nitrogen and oxygen atoms in total. The fourth-order valence-corrected chi connectivity index (χ4v) is 0.845. The lowest BCUT2D eigenvalue weighted by molar-refractivity contribution is -0.130. The Hall–Kier alpha value is -0.830. The number of hydrogen-bond acceptors (Lipinski definition) is 2. The molecule has 0 aromatic heterocycles. The third-order valence-corrected chi connectivity index (χ3v) is 1.44. The fourth-order valence-electron chi connectivity index (χ4n) is 0.845. The average Bonchev–Trinajstić information content (AvgIpc) is 2.00. The smallest absolute Gasteiger partial charge is 0.224 e. The summed E-state index contributed by atoms with van der Waals surface area (Å²) >= 11 is 0. The highest BCUT2D eigenvalue weighted by Crippen LogP contribution is 1.92. The van der Waals surface area contributed by atoms with Crippen LogP contribution in [0.3, 0.4) is 0 Å². The molecule has 0 aliphatic rings. The Morgan fingerprint density at radius 3 is 2.73 bits per heavy atom. The minimum atomic E-state index is 0.106. The fraction of sp³-hybridized carbons (Fsp3) is 0.625. The quantitative estimate of drug-likeness (QED) is 0.584. The van der Waals surface area contributed by atoms with Crippen LogP contribution in [0.2, 0.25) is 0 Å². The van der Waals surface area contributed by atoms with Gasteiger partial charge in [0.05, 0.1) is 0 Å². The normalized spacial score (nSPS) is 9.27. The highest BCUT2D eigenvalue weighted by molar-refractivity contribution is 5.76. The van der Waals surface area contributed by atoms with Gasteiger partial charge in [0.1, 0.15) is 0 Å². The number of nitrogens with two attached hydrogens (primary N) is 1. The molecule has 0 unspecified atom stereocenters. The van der Waals surface area contributed by atoms with Gasteiger partial charge in [-0.1, -0.05) is 6.08 Å². The Kier molecular flexibility index (Phi) is 5.47. The third-order valence-electron chi connectivity index (χ3n) is 1.44. The third kappa shape index (κ3) is 3.78. The van der Waals surface area contributed by atoms with Crippen LogP contribution in [-0.2, 0) is 4.79 Å². The predicted octanol–water partition coefficient (Wildman–Crippen LogP) is 0.370. The Bertz CT molecular complexity index is 134. The van der Waals surface area contributed by atoms with Gasteiger partial charge in [-0.2, -0.15) is 0 Å². The van der Waals surface area contributed by atoms with E-state index in [2.05, 4.69) is 6.58 Å². The lowest BCUT2D eigenvalue weighted by Gasteiger charge is -2.17. The van der Waals surface area contributed by atoms with Crippen molar-refractivity contribution in [2.24, 2.45) is 5.73 Å². The van der Waals surface area contributed by atoms with Gasteiger partial charge in [0, 0.05) is 26.1 Å². The first-order chi connectivity index (χ1) is 5.26. The van der Waals surface area contributed by atoms with Crippen LogP contribution < -0.4 is 5.73 Å². The number of rotatable bonds is 5. The van der Waals surface area contributed by atoms with E-state index in [0.717, 1.165) is 6.54 Å². The van der Waals surface area contributed by atoms with E-state index in [0.29, 0.717) is 19.5 Å². The summed E-state index contributed by atoms with van der Waals surface area (Å²) in [6.07, 6.45) is 2.15. The van der Waals surface area contributed by atoms with Crippen LogP contribution >= 0.6 is 0 Å². The Labute approximate surface area is 67.9 Å². The minimum absolute atomic E-state index is 0.106. The summed E-state index contributed by atoms with van der Waals surface area (Å²) in [4.78, 5) is 12.9. The molecule has 64 valence electrons. The van der Waals surface area contributed by atoms with E-state index in [1.807, 2.05) is 6.92 Å². The van der Waals surface area contributed by atoms with Gasteiger partial charge in [0.15, 0.2) is 0 Å². The Morgan fingerprint density at radius 2 is 2.36 bits per heavy atom. The molecule has 0 saturated heterocycles. The number of amides is 1. The largest absolute Gasteiger partial charge is 0.339 e. The van der Waals surface area contributed by atoms with E-state index in [4.69, 9.17) is 5.73 Å². The van der Waals surface area contributed by atoms with E-state index in [1.54, 1.807) is 11.0 Å². The molecule has 0 radical (unpaired) electrons. The number of likely N-dealkylation sites (N-methyl/N-ethyl adjacent to an activating group) is 1. The zero-order valence-electron chi connectivity index (χ0n) is 7.05. The van der Waals surface area contributed by atoms with Crippen LogP contribution in [0, 0.1) is 0 Å². The SMILES string of the molecule is C=CCN(CC)C(=O)CCN. The second-order valence-corrected chi connectivity index (χ2v) is 2.26. The molecule has 0 aromatic rings. The maximum atomic E-state index is 11.2. The first-order valence-corrected chi connectivity index (χ1v) is 3.85. The summed E-state index contributed by atoms with van der Waals surface area (Å²) in [6, 6.07) is 0. The van der Waals surface area contributed by atoms with Crippen molar-refractivity contribution in [3.63, 3.8) is 0 Å². The molecule has 0 rings (SSSR count). The molecule has 0 aromatic carbocycles. The van der Waals surface area contributed by atoms with Crippen molar-refractivity contribution in [2.75, 3.05) is 19.6 Å². The van der Waals surface area contributed by atoms with Gasteiger partial charge in [-0.3, -0.25) is 4.79 Å². The Morgan fingerprint density at radius 1 is 1.73 bits per heavy atom. The molecule has 0 heterocycles. The average molecular weight is 156 g/mol. The maximum absolute atomic E-state index is 11.2. The lowest BCUT2D eigenvalue weighted by Crippen LogP contribution is -2.32. The molecule has 0 aliphatic carbocycles. The first kappa shape index (κ1) is 10.2. The van der Waals surface area contributed by atoms with Gasteiger partial charge in [0.2, 0.25) is 5.91 Å². The molecule has 3 heteroatoms. The molecule has 1 amide bonds. The number of hydrogen-bond donors (Lipinski definition) is 1. The van der Waals surface area contributed by atoms with Crippen molar-refractivity contribution in [3.05, 3.63) is 12.7 Å². The maximum Gasteiger partial charge on any atom is 0.224 e. The van der Waals surface area contributed by atoms with Crippen molar-refractivity contribution in [1.82, 2.24) is 4.90 Å². The van der Waals surface area contributed by atoms with Crippen LogP contribution in [0.4, 0.5) is 0 Å². The zero-order valence-corrected chi connectivity index (χ0v) is 7.05. The van der Waals surface area contributed by atoms with Gasteiger partial charge in [-0.05, 0) is 6.92 Å². The number of carbonyl (C=O) groups is 1. The summed E-state index contributed by atoms with van der Waals surface area (Å²) in [7, 11) is 0. The van der Waals surface area contributed by atoms with Crippen molar-refractivity contribution in [2.45, 2.75) is 13.3 Å². The predicted molar refractivity (Wildman–Crippen MR) is 46.1 cm³/mol. The van der Waals surface area contributed by atoms with Gasteiger partial charge in [0.25, 0.3) is 0 Å². The highest BCUT2D eigenvalue weighted by atomic mass is 16.2. The van der Waals surface area contributed by atoms with E-state index < -0.39 is 0 Å². The summed E-state index contributed by atoms with van der Waals surface area (Å²) in [6.45, 7) is 7.28. The molecule has 0 aliphatic heterocycles. The molecule has 0 fully saturated rings. The zero-order chi connectivity index (χ0) is 8.69. The topological polar surface area (TPSA) is 46.3 Å². The van der Waals surface area contributed by atoms with Crippen LogP contribution in [0.1, 0.15) is 13.3 Å². The van der Waals surface area contributed by atoms with E-state index in [1.165, 1.54) is 0 Å². The minimum Gasteiger partial charge on any atom is -0.339 e. The Balaban J connectivity index is 3.80. The van der Waals surface area contributed by atoms with Crippen LogP contribution in [-0.4, -0.2) is 30.4 Å². The molecule has 0 bridgehead atoms. The lowest BCUT2D eigenvalue weighted by atomic mass is 10.3. The van der Waals surface area contributed by atoms with E-state index in [-0.39, 0.29) is 5.91 Å². The summed E-state index contributed by atoms with van der Waals surface area (Å²) in [5.74, 6) is 0.106. The second-order valence-electron chi connectivity index (χ2n) is 2.26. The van der Waals surface area contributed by atoms with Gasteiger partial charge < -0.3 is 10.6 Å². The van der Waals surface area contributed by atoms with Crippen molar-refractivity contribution < 1.29 is 4.79 Å². The standard InChI is InChI=1S/C8H16N2O/c1-3-7-10(4-2)8(11)5-6-9/h3H,1,4-7,9H2,2H3. The van der Waals surface area contributed by atoms with Crippen molar-refractivity contribution in [1.29, 1.82) is 0 Å².